The van der Waals surface area contributed by atoms with Crippen molar-refractivity contribution in [2.75, 3.05) is 0 Å². The molecule has 0 saturated carbocycles. The standard InChI is InChI=1S/C30H28ClNO3/c1-20-18-23(15-14-22-10-7-6-8-11-22)12-9-13-25(20)21(2)28(33)26-19-24(16-17-27(26)31)32-29(34)35-30(3,4)5/h6-12,16-18,24H,2,19H2,1,3-5H3,(H,32,34). The van der Waals surface area contributed by atoms with Crippen LogP contribution in [-0.4, -0.2) is 23.5 Å². The van der Waals surface area contributed by atoms with Crippen LogP contribution in [0.25, 0.3) is 0 Å². The van der Waals surface area contributed by atoms with Crippen LogP contribution >= 0.6 is 11.6 Å². The van der Waals surface area contributed by atoms with Gasteiger partial charge in [0.25, 0.3) is 0 Å². The van der Waals surface area contributed by atoms with Gasteiger partial charge in [0.05, 0.1) is 6.04 Å². The fourth-order valence-electron chi connectivity index (χ4n) is 3.49. The monoisotopic (exact) mass is 485 g/mol. The summed E-state index contributed by atoms with van der Waals surface area (Å²) in [7, 11) is 0. The summed E-state index contributed by atoms with van der Waals surface area (Å²) in [4.78, 5) is 25.5. The van der Waals surface area contributed by atoms with Crippen molar-refractivity contribution in [2.45, 2.75) is 45.8 Å². The van der Waals surface area contributed by atoms with Crippen molar-refractivity contribution in [3.63, 3.8) is 0 Å². The highest BCUT2D eigenvalue weighted by Gasteiger charge is 2.27. The molecule has 178 valence electrons. The van der Waals surface area contributed by atoms with E-state index in [1.165, 1.54) is 0 Å². The highest BCUT2D eigenvalue weighted by molar-refractivity contribution is 6.34. The molecule has 1 unspecified atom stereocenters. The summed E-state index contributed by atoms with van der Waals surface area (Å²) in [6.45, 7) is 11.3. The van der Waals surface area contributed by atoms with Crippen molar-refractivity contribution in [1.29, 1.82) is 0 Å². The predicted octanol–water partition coefficient (Wildman–Crippen LogP) is 6.48. The number of rotatable bonds is 4. The third kappa shape index (κ3) is 7.36. The predicted molar refractivity (Wildman–Crippen MR) is 141 cm³/mol. The first-order chi connectivity index (χ1) is 16.5. The van der Waals surface area contributed by atoms with Crippen molar-refractivity contribution in [3.8, 4) is 11.8 Å². The molecule has 0 saturated heterocycles. The van der Waals surface area contributed by atoms with Gasteiger partial charge >= 0.3 is 6.09 Å². The van der Waals surface area contributed by atoms with Gasteiger partial charge in [0.15, 0.2) is 5.78 Å². The zero-order chi connectivity index (χ0) is 25.6. The molecular weight excluding hydrogens is 458 g/mol. The van der Waals surface area contributed by atoms with Crippen LogP contribution in [0, 0.1) is 11.8 Å². The Bertz CT molecular complexity index is 1300. The quantitative estimate of drug-likeness (QED) is 0.302. The maximum Gasteiger partial charge on any atom is 0.408 e. The van der Waals surface area contributed by atoms with E-state index in [4.69, 9.17) is 16.3 Å². The van der Waals surface area contributed by atoms with E-state index < -0.39 is 17.7 Å². The molecular formula is C30H28ClNO3. The number of alkyl carbamates (subject to hydrolysis) is 1. The van der Waals surface area contributed by atoms with Crippen molar-refractivity contribution in [1.82, 2.24) is 5.32 Å². The molecule has 0 spiro atoms. The zero-order valence-corrected chi connectivity index (χ0v) is 21.1. The van der Waals surface area contributed by atoms with E-state index in [2.05, 4.69) is 29.5 Å². The van der Waals surface area contributed by atoms with Gasteiger partial charge < -0.3 is 10.1 Å². The molecule has 0 bridgehead atoms. The van der Waals surface area contributed by atoms with Crippen LogP contribution in [0.5, 0.6) is 0 Å². The van der Waals surface area contributed by atoms with Crippen LogP contribution in [-0.2, 0) is 9.53 Å². The van der Waals surface area contributed by atoms with Gasteiger partial charge in [-0.05, 0) is 69.7 Å². The van der Waals surface area contributed by atoms with E-state index in [0.29, 0.717) is 16.2 Å². The van der Waals surface area contributed by atoms with E-state index in [0.717, 1.165) is 16.7 Å². The number of hydrogen-bond acceptors (Lipinski definition) is 3. The molecule has 3 rings (SSSR count). The third-order valence-corrected chi connectivity index (χ3v) is 5.48. The molecule has 0 fully saturated rings. The number of carbonyl (C=O) groups excluding carboxylic acids is 2. The van der Waals surface area contributed by atoms with E-state index in [1.807, 2.05) is 49.4 Å². The van der Waals surface area contributed by atoms with Crippen molar-refractivity contribution >= 4 is 23.5 Å². The Kier molecular flexibility index (Phi) is 8.20. The first-order valence-electron chi connectivity index (χ1n) is 11.3. The molecule has 35 heavy (non-hydrogen) atoms. The summed E-state index contributed by atoms with van der Waals surface area (Å²) in [5.41, 5.74) is 6.31. The summed E-state index contributed by atoms with van der Waals surface area (Å²) in [5, 5.41) is 3.09. The summed E-state index contributed by atoms with van der Waals surface area (Å²) in [6.07, 6.45) is 8.52. The minimum absolute atomic E-state index is 0.234. The van der Waals surface area contributed by atoms with E-state index in [9.17, 15) is 9.59 Å². The molecule has 1 atom stereocenters. The number of benzene rings is 1. The Morgan fingerprint density at radius 2 is 1.91 bits per heavy atom. The summed E-state index contributed by atoms with van der Waals surface area (Å²) >= 11 is 6.37. The highest BCUT2D eigenvalue weighted by Crippen LogP contribution is 2.29. The van der Waals surface area contributed by atoms with Crippen molar-refractivity contribution in [3.05, 3.63) is 111 Å². The minimum Gasteiger partial charge on any atom is -0.444 e. The first kappa shape index (κ1) is 25.8. The number of amides is 1. The second-order valence-electron chi connectivity index (χ2n) is 9.20. The van der Waals surface area contributed by atoms with Crippen LogP contribution in [0.4, 0.5) is 4.79 Å². The highest BCUT2D eigenvalue weighted by atomic mass is 35.5. The second-order valence-corrected chi connectivity index (χ2v) is 9.61. The van der Waals surface area contributed by atoms with Gasteiger partial charge in [-0.15, -0.1) is 5.73 Å². The molecule has 1 amide bonds. The molecule has 4 nitrogen and oxygen atoms in total. The lowest BCUT2D eigenvalue weighted by Gasteiger charge is -2.24. The topological polar surface area (TPSA) is 55.4 Å². The summed E-state index contributed by atoms with van der Waals surface area (Å²) < 4.78 is 5.31. The van der Waals surface area contributed by atoms with E-state index in [-0.39, 0.29) is 17.8 Å². The number of nitrogens with one attached hydrogen (secondary N) is 1. The summed E-state index contributed by atoms with van der Waals surface area (Å²) in [5.74, 6) is 5.99. The lowest BCUT2D eigenvalue weighted by atomic mass is 9.89. The maximum atomic E-state index is 13.4. The minimum atomic E-state index is -0.622. The van der Waals surface area contributed by atoms with Crippen LogP contribution in [0.3, 0.4) is 0 Å². The van der Waals surface area contributed by atoms with E-state index in [1.54, 1.807) is 39.0 Å². The fourth-order valence-corrected chi connectivity index (χ4v) is 3.73. The number of ether oxygens (including phenoxy) is 1. The number of Topliss-reactive ketones (excluding diaryl/α,β-unsaturated/α-hetero) is 1. The Hall–Kier alpha value is -3.77. The molecule has 2 aliphatic carbocycles. The number of ketones is 1. The number of hydrogen-bond donors (Lipinski definition) is 1. The normalized spacial score (nSPS) is 17.3. The smallest absolute Gasteiger partial charge is 0.408 e. The zero-order valence-electron chi connectivity index (χ0n) is 20.4. The largest absolute Gasteiger partial charge is 0.444 e. The third-order valence-electron chi connectivity index (χ3n) is 5.12. The first-order valence-corrected chi connectivity index (χ1v) is 11.6. The molecule has 0 aliphatic heterocycles. The lowest BCUT2D eigenvalue weighted by molar-refractivity contribution is -0.112. The molecule has 0 heterocycles. The van der Waals surface area contributed by atoms with E-state index >= 15 is 0 Å². The Morgan fingerprint density at radius 1 is 1.20 bits per heavy atom. The number of allylic oxidation sites excluding steroid dienone is 8. The summed E-state index contributed by atoms with van der Waals surface area (Å²) in [6, 6.07) is 9.30. The Balaban J connectivity index is 1.73. The molecule has 1 aromatic carbocycles. The average Bonchev–Trinajstić information content (AvgIpc) is 2.98. The molecule has 5 heteroatoms. The van der Waals surface area contributed by atoms with Gasteiger partial charge in [-0.3, -0.25) is 4.79 Å². The lowest BCUT2D eigenvalue weighted by Crippen LogP contribution is -2.39. The Labute approximate surface area is 212 Å². The van der Waals surface area contributed by atoms with Gasteiger partial charge in [-0.1, -0.05) is 54.3 Å². The van der Waals surface area contributed by atoms with Crippen LogP contribution in [0.2, 0.25) is 0 Å². The van der Waals surface area contributed by atoms with Gasteiger partial charge in [0.2, 0.25) is 0 Å². The second kappa shape index (κ2) is 11.1. The maximum absolute atomic E-state index is 13.4. The molecule has 1 aromatic rings. The van der Waals surface area contributed by atoms with Gasteiger partial charge in [0.1, 0.15) is 5.60 Å². The van der Waals surface area contributed by atoms with Crippen LogP contribution in [0.1, 0.15) is 39.7 Å². The van der Waals surface area contributed by atoms with Crippen LogP contribution in [0.15, 0.2) is 106 Å². The number of halogens is 1. The number of carbonyl (C=O) groups is 2. The van der Waals surface area contributed by atoms with Gasteiger partial charge in [-0.25, -0.2) is 4.79 Å². The molecule has 0 radical (unpaired) electrons. The molecule has 0 aromatic heterocycles. The average molecular weight is 486 g/mol. The Morgan fingerprint density at radius 3 is 2.60 bits per heavy atom. The SMILES string of the molecule is C=C(C(=O)C1=C(Cl)C=CC(NC(=O)OC(C)(C)C)C1)C1=C=CC=C(C#Cc2ccccc2)C=C1C. The molecule has 2 aliphatic rings. The van der Waals surface area contributed by atoms with Gasteiger partial charge in [0, 0.05) is 39.3 Å². The fraction of sp³-hybridized carbons (Fsp3) is 0.233. The van der Waals surface area contributed by atoms with Gasteiger partial charge in [-0.2, -0.15) is 0 Å². The van der Waals surface area contributed by atoms with Crippen LogP contribution < -0.4 is 5.32 Å². The van der Waals surface area contributed by atoms with Crippen molar-refractivity contribution in [2.24, 2.45) is 0 Å². The van der Waals surface area contributed by atoms with Crippen molar-refractivity contribution < 1.29 is 14.3 Å². The molecule has 1 N–H and O–H groups in total.